The molecule has 0 aliphatic rings. The predicted molar refractivity (Wildman–Crippen MR) is 71.9 cm³/mol. The highest BCUT2D eigenvalue weighted by molar-refractivity contribution is 5.48. The van der Waals surface area contributed by atoms with Crippen molar-refractivity contribution in [1.29, 1.82) is 0 Å². The Morgan fingerprint density at radius 2 is 2.12 bits per heavy atom. The van der Waals surface area contributed by atoms with Crippen molar-refractivity contribution >= 4 is 5.69 Å². The number of anilines is 1. The minimum atomic E-state index is 0.713. The standard InChI is InChI=1S/C14H24N2/c1-4-12(2)11-16(9-8-15)14-7-5-6-13(3)10-14/h5-7,10,12H,4,8-9,11,15H2,1-3H3. The summed E-state index contributed by atoms with van der Waals surface area (Å²) in [6.07, 6.45) is 1.22. The molecule has 1 rings (SSSR count). The first kappa shape index (κ1) is 13.0. The van der Waals surface area contributed by atoms with Crippen LogP contribution in [0.25, 0.3) is 0 Å². The second-order valence-electron chi connectivity index (χ2n) is 4.59. The van der Waals surface area contributed by atoms with E-state index in [4.69, 9.17) is 5.73 Å². The van der Waals surface area contributed by atoms with Crippen molar-refractivity contribution in [3.8, 4) is 0 Å². The highest BCUT2D eigenvalue weighted by Crippen LogP contribution is 2.17. The summed E-state index contributed by atoms with van der Waals surface area (Å²) in [4.78, 5) is 2.39. The molecule has 0 heterocycles. The largest absolute Gasteiger partial charge is 0.370 e. The van der Waals surface area contributed by atoms with Gasteiger partial charge in [-0.1, -0.05) is 32.4 Å². The van der Waals surface area contributed by atoms with Crippen molar-refractivity contribution in [3.05, 3.63) is 29.8 Å². The summed E-state index contributed by atoms with van der Waals surface area (Å²) in [5, 5.41) is 0. The van der Waals surface area contributed by atoms with Crippen molar-refractivity contribution in [2.75, 3.05) is 24.5 Å². The van der Waals surface area contributed by atoms with Crippen LogP contribution in [0.3, 0.4) is 0 Å². The van der Waals surface area contributed by atoms with E-state index in [1.165, 1.54) is 17.7 Å². The summed E-state index contributed by atoms with van der Waals surface area (Å²) in [6, 6.07) is 8.65. The predicted octanol–water partition coefficient (Wildman–Crippen LogP) is 2.81. The Kier molecular flexibility index (Phi) is 5.33. The van der Waals surface area contributed by atoms with Crippen molar-refractivity contribution in [2.24, 2.45) is 11.7 Å². The maximum absolute atomic E-state index is 5.68. The zero-order chi connectivity index (χ0) is 12.0. The third kappa shape index (κ3) is 3.86. The molecule has 1 unspecified atom stereocenters. The topological polar surface area (TPSA) is 29.3 Å². The Labute approximate surface area is 99.5 Å². The molecule has 0 aliphatic heterocycles. The van der Waals surface area contributed by atoms with Crippen LogP contribution in [0.15, 0.2) is 24.3 Å². The zero-order valence-electron chi connectivity index (χ0n) is 10.7. The van der Waals surface area contributed by atoms with Crippen LogP contribution in [0.5, 0.6) is 0 Å². The van der Waals surface area contributed by atoms with Crippen LogP contribution in [-0.4, -0.2) is 19.6 Å². The summed E-state index contributed by atoms with van der Waals surface area (Å²) < 4.78 is 0. The van der Waals surface area contributed by atoms with E-state index in [9.17, 15) is 0 Å². The van der Waals surface area contributed by atoms with Gasteiger partial charge in [0, 0.05) is 25.3 Å². The highest BCUT2D eigenvalue weighted by Gasteiger charge is 2.09. The lowest BCUT2D eigenvalue weighted by molar-refractivity contribution is 0.544. The Bertz CT molecular complexity index is 309. The van der Waals surface area contributed by atoms with Gasteiger partial charge in [0.1, 0.15) is 0 Å². The van der Waals surface area contributed by atoms with Crippen LogP contribution in [0.2, 0.25) is 0 Å². The van der Waals surface area contributed by atoms with Gasteiger partial charge in [-0.15, -0.1) is 0 Å². The van der Waals surface area contributed by atoms with Crippen LogP contribution >= 0.6 is 0 Å². The molecule has 16 heavy (non-hydrogen) atoms. The number of rotatable bonds is 6. The first-order valence-electron chi connectivity index (χ1n) is 6.19. The molecule has 2 N–H and O–H groups in total. The molecule has 0 radical (unpaired) electrons. The molecule has 1 aromatic rings. The zero-order valence-corrected chi connectivity index (χ0v) is 10.7. The van der Waals surface area contributed by atoms with E-state index in [1.54, 1.807) is 0 Å². The van der Waals surface area contributed by atoms with Gasteiger partial charge in [0.25, 0.3) is 0 Å². The monoisotopic (exact) mass is 220 g/mol. The van der Waals surface area contributed by atoms with E-state index in [0.717, 1.165) is 13.1 Å². The molecule has 0 aromatic heterocycles. The SMILES string of the molecule is CCC(C)CN(CCN)c1cccc(C)c1. The van der Waals surface area contributed by atoms with Crippen LogP contribution in [0.1, 0.15) is 25.8 Å². The molecular formula is C14H24N2. The second kappa shape index (κ2) is 6.54. The lowest BCUT2D eigenvalue weighted by Gasteiger charge is -2.27. The highest BCUT2D eigenvalue weighted by atomic mass is 15.1. The van der Waals surface area contributed by atoms with E-state index in [-0.39, 0.29) is 0 Å². The molecule has 0 saturated heterocycles. The summed E-state index contributed by atoms with van der Waals surface area (Å²) >= 11 is 0. The molecule has 2 nitrogen and oxygen atoms in total. The normalized spacial score (nSPS) is 12.5. The summed E-state index contributed by atoms with van der Waals surface area (Å²) in [5.74, 6) is 0.715. The van der Waals surface area contributed by atoms with Crippen molar-refractivity contribution in [2.45, 2.75) is 27.2 Å². The minimum absolute atomic E-state index is 0.713. The Balaban J connectivity index is 2.76. The van der Waals surface area contributed by atoms with Crippen molar-refractivity contribution in [1.82, 2.24) is 0 Å². The van der Waals surface area contributed by atoms with Gasteiger partial charge in [0.2, 0.25) is 0 Å². The van der Waals surface area contributed by atoms with Gasteiger partial charge in [0.15, 0.2) is 0 Å². The number of benzene rings is 1. The number of aryl methyl sites for hydroxylation is 1. The molecule has 90 valence electrons. The smallest absolute Gasteiger partial charge is 0.0369 e. The fourth-order valence-electron chi connectivity index (χ4n) is 1.81. The summed E-state index contributed by atoms with van der Waals surface area (Å²) in [6.45, 7) is 9.41. The first-order valence-corrected chi connectivity index (χ1v) is 6.19. The second-order valence-corrected chi connectivity index (χ2v) is 4.59. The maximum atomic E-state index is 5.68. The van der Waals surface area contributed by atoms with E-state index in [1.807, 2.05) is 0 Å². The third-order valence-electron chi connectivity index (χ3n) is 2.99. The van der Waals surface area contributed by atoms with Crippen molar-refractivity contribution < 1.29 is 0 Å². The van der Waals surface area contributed by atoms with E-state index in [2.05, 4.69) is 49.9 Å². The molecule has 0 aliphatic carbocycles. The van der Waals surface area contributed by atoms with E-state index < -0.39 is 0 Å². The van der Waals surface area contributed by atoms with Gasteiger partial charge in [0.05, 0.1) is 0 Å². The molecule has 0 saturated carbocycles. The number of nitrogens with two attached hydrogens (primary N) is 1. The molecule has 2 heteroatoms. The fourth-order valence-corrected chi connectivity index (χ4v) is 1.81. The molecular weight excluding hydrogens is 196 g/mol. The molecule has 0 bridgehead atoms. The van der Waals surface area contributed by atoms with Crippen LogP contribution in [0.4, 0.5) is 5.69 Å². The van der Waals surface area contributed by atoms with Gasteiger partial charge in [-0.05, 0) is 30.5 Å². The Morgan fingerprint density at radius 1 is 1.38 bits per heavy atom. The van der Waals surface area contributed by atoms with Crippen LogP contribution in [-0.2, 0) is 0 Å². The maximum Gasteiger partial charge on any atom is 0.0369 e. The number of nitrogens with zero attached hydrogens (tertiary/aromatic N) is 1. The lowest BCUT2D eigenvalue weighted by atomic mass is 10.1. The molecule has 0 fully saturated rings. The molecule has 0 spiro atoms. The van der Waals surface area contributed by atoms with Crippen molar-refractivity contribution in [3.63, 3.8) is 0 Å². The number of hydrogen-bond donors (Lipinski definition) is 1. The summed E-state index contributed by atoms with van der Waals surface area (Å²) in [5.41, 5.74) is 8.29. The van der Waals surface area contributed by atoms with Gasteiger partial charge in [-0.25, -0.2) is 0 Å². The minimum Gasteiger partial charge on any atom is -0.370 e. The third-order valence-corrected chi connectivity index (χ3v) is 2.99. The average molecular weight is 220 g/mol. The van der Waals surface area contributed by atoms with Crippen LogP contribution in [0, 0.1) is 12.8 Å². The number of hydrogen-bond acceptors (Lipinski definition) is 2. The summed E-state index contributed by atoms with van der Waals surface area (Å²) in [7, 11) is 0. The van der Waals surface area contributed by atoms with E-state index >= 15 is 0 Å². The molecule has 1 aromatic carbocycles. The molecule has 0 amide bonds. The van der Waals surface area contributed by atoms with Crippen LogP contribution < -0.4 is 10.6 Å². The Morgan fingerprint density at radius 3 is 2.69 bits per heavy atom. The Hall–Kier alpha value is -1.02. The van der Waals surface area contributed by atoms with Gasteiger partial charge < -0.3 is 10.6 Å². The molecule has 1 atom stereocenters. The quantitative estimate of drug-likeness (QED) is 0.798. The lowest BCUT2D eigenvalue weighted by Crippen LogP contribution is -2.33. The van der Waals surface area contributed by atoms with E-state index in [0.29, 0.717) is 12.5 Å². The first-order chi connectivity index (χ1) is 7.67. The average Bonchev–Trinajstić information content (AvgIpc) is 2.28. The van der Waals surface area contributed by atoms with Gasteiger partial charge in [-0.2, -0.15) is 0 Å². The fraction of sp³-hybridized carbons (Fsp3) is 0.571. The van der Waals surface area contributed by atoms with Gasteiger partial charge >= 0.3 is 0 Å². The van der Waals surface area contributed by atoms with Gasteiger partial charge in [-0.3, -0.25) is 0 Å².